The number of nitrogens with two attached hydrogens (primary N) is 1. The SMILES string of the molecule is COc1ccc(CCC(O)C(CN)c2cccnc2)cc1. The van der Waals surface area contributed by atoms with Crippen molar-refractivity contribution in [1.82, 2.24) is 4.98 Å². The topological polar surface area (TPSA) is 68.4 Å². The average molecular weight is 286 g/mol. The molecule has 2 rings (SSSR count). The van der Waals surface area contributed by atoms with Crippen molar-refractivity contribution < 1.29 is 9.84 Å². The summed E-state index contributed by atoms with van der Waals surface area (Å²) in [6.07, 6.45) is 4.50. The summed E-state index contributed by atoms with van der Waals surface area (Å²) in [7, 11) is 1.65. The Morgan fingerprint density at radius 3 is 2.57 bits per heavy atom. The number of hydrogen-bond acceptors (Lipinski definition) is 4. The highest BCUT2D eigenvalue weighted by Gasteiger charge is 2.19. The molecule has 0 saturated carbocycles. The second-order valence-corrected chi connectivity index (χ2v) is 5.08. The van der Waals surface area contributed by atoms with Gasteiger partial charge in [-0.25, -0.2) is 0 Å². The zero-order valence-corrected chi connectivity index (χ0v) is 12.3. The van der Waals surface area contributed by atoms with Crippen LogP contribution in [0, 0.1) is 0 Å². The lowest BCUT2D eigenvalue weighted by Gasteiger charge is -2.21. The van der Waals surface area contributed by atoms with E-state index in [0.717, 1.165) is 17.7 Å². The molecule has 112 valence electrons. The van der Waals surface area contributed by atoms with Crippen LogP contribution in [0.15, 0.2) is 48.8 Å². The molecular formula is C17H22N2O2. The molecule has 1 aromatic heterocycles. The quantitative estimate of drug-likeness (QED) is 0.818. The molecule has 2 unspecified atom stereocenters. The Bertz CT molecular complexity index is 528. The second-order valence-electron chi connectivity index (χ2n) is 5.08. The predicted molar refractivity (Wildman–Crippen MR) is 83.4 cm³/mol. The van der Waals surface area contributed by atoms with Crippen LogP contribution in [0.2, 0.25) is 0 Å². The summed E-state index contributed by atoms with van der Waals surface area (Å²) in [6.45, 7) is 0.412. The van der Waals surface area contributed by atoms with Crippen LogP contribution < -0.4 is 10.5 Å². The summed E-state index contributed by atoms with van der Waals surface area (Å²) in [5.74, 6) is 0.770. The monoisotopic (exact) mass is 286 g/mol. The molecule has 0 aliphatic heterocycles. The summed E-state index contributed by atoms with van der Waals surface area (Å²) in [5.41, 5.74) is 7.97. The van der Waals surface area contributed by atoms with Gasteiger partial charge in [-0.05, 0) is 42.2 Å². The Balaban J connectivity index is 1.94. The summed E-state index contributed by atoms with van der Waals surface area (Å²) in [6, 6.07) is 11.7. The molecule has 3 N–H and O–H groups in total. The molecule has 1 heterocycles. The molecule has 0 bridgehead atoms. The van der Waals surface area contributed by atoms with Crippen molar-refractivity contribution in [3.8, 4) is 5.75 Å². The fourth-order valence-electron chi connectivity index (χ4n) is 2.42. The van der Waals surface area contributed by atoms with Crippen LogP contribution in [-0.4, -0.2) is 29.8 Å². The van der Waals surface area contributed by atoms with E-state index in [0.29, 0.717) is 13.0 Å². The van der Waals surface area contributed by atoms with Gasteiger partial charge in [-0.3, -0.25) is 4.98 Å². The van der Waals surface area contributed by atoms with Gasteiger partial charge in [-0.1, -0.05) is 18.2 Å². The molecule has 2 atom stereocenters. The maximum Gasteiger partial charge on any atom is 0.118 e. The molecule has 4 heteroatoms. The number of hydrogen-bond donors (Lipinski definition) is 2. The molecule has 0 saturated heterocycles. The molecule has 0 aliphatic carbocycles. The Labute approximate surface area is 125 Å². The Hall–Kier alpha value is -1.91. The van der Waals surface area contributed by atoms with Crippen molar-refractivity contribution >= 4 is 0 Å². The first-order chi connectivity index (χ1) is 10.2. The zero-order chi connectivity index (χ0) is 15.1. The van der Waals surface area contributed by atoms with Gasteiger partial charge in [0.05, 0.1) is 13.2 Å². The van der Waals surface area contributed by atoms with E-state index in [2.05, 4.69) is 4.98 Å². The van der Waals surface area contributed by atoms with E-state index in [9.17, 15) is 5.11 Å². The van der Waals surface area contributed by atoms with Crippen LogP contribution in [0.1, 0.15) is 23.5 Å². The van der Waals surface area contributed by atoms with Crippen molar-refractivity contribution in [3.63, 3.8) is 0 Å². The number of pyridine rings is 1. The third-order valence-electron chi connectivity index (χ3n) is 3.72. The zero-order valence-electron chi connectivity index (χ0n) is 12.3. The molecule has 0 aliphatic rings. The molecule has 0 radical (unpaired) electrons. The molecule has 1 aromatic carbocycles. The van der Waals surface area contributed by atoms with E-state index >= 15 is 0 Å². The van der Waals surface area contributed by atoms with E-state index in [1.54, 1.807) is 19.5 Å². The highest BCUT2D eigenvalue weighted by atomic mass is 16.5. The first-order valence-electron chi connectivity index (χ1n) is 7.15. The largest absolute Gasteiger partial charge is 0.497 e. The van der Waals surface area contributed by atoms with Gasteiger partial charge in [0.1, 0.15) is 5.75 Å². The lowest BCUT2D eigenvalue weighted by Crippen LogP contribution is -2.26. The lowest BCUT2D eigenvalue weighted by atomic mass is 9.91. The van der Waals surface area contributed by atoms with Crippen molar-refractivity contribution in [1.29, 1.82) is 0 Å². The number of aromatic nitrogens is 1. The molecule has 21 heavy (non-hydrogen) atoms. The summed E-state index contributed by atoms with van der Waals surface area (Å²) >= 11 is 0. The highest BCUT2D eigenvalue weighted by Crippen LogP contribution is 2.22. The average Bonchev–Trinajstić information content (AvgIpc) is 2.55. The van der Waals surface area contributed by atoms with Crippen molar-refractivity contribution in [2.45, 2.75) is 24.9 Å². The summed E-state index contributed by atoms with van der Waals surface area (Å²) in [5, 5.41) is 10.4. The predicted octanol–water partition coefficient (Wildman–Crippen LogP) is 2.13. The Morgan fingerprint density at radius 2 is 2.00 bits per heavy atom. The number of aryl methyl sites for hydroxylation is 1. The number of aliphatic hydroxyl groups is 1. The number of ether oxygens (including phenoxy) is 1. The van der Waals surface area contributed by atoms with Crippen LogP contribution in [0.25, 0.3) is 0 Å². The van der Waals surface area contributed by atoms with E-state index in [4.69, 9.17) is 10.5 Å². The molecule has 0 fully saturated rings. The smallest absolute Gasteiger partial charge is 0.118 e. The Kier molecular flexibility index (Phi) is 5.72. The number of benzene rings is 1. The number of rotatable bonds is 7. The Morgan fingerprint density at radius 1 is 1.24 bits per heavy atom. The lowest BCUT2D eigenvalue weighted by molar-refractivity contribution is 0.136. The van der Waals surface area contributed by atoms with Crippen LogP contribution in [0.5, 0.6) is 5.75 Å². The number of aliphatic hydroxyl groups excluding tert-OH is 1. The standard InChI is InChI=1S/C17H22N2O2/c1-21-15-7-4-13(5-8-15)6-9-17(20)16(11-18)14-3-2-10-19-12-14/h2-5,7-8,10,12,16-17,20H,6,9,11,18H2,1H3. The number of methoxy groups -OCH3 is 1. The van der Waals surface area contributed by atoms with E-state index in [-0.39, 0.29) is 5.92 Å². The van der Waals surface area contributed by atoms with Gasteiger partial charge in [0.15, 0.2) is 0 Å². The summed E-state index contributed by atoms with van der Waals surface area (Å²) in [4.78, 5) is 4.09. The summed E-state index contributed by atoms with van der Waals surface area (Å²) < 4.78 is 5.14. The van der Waals surface area contributed by atoms with Crippen molar-refractivity contribution in [2.24, 2.45) is 5.73 Å². The third-order valence-corrected chi connectivity index (χ3v) is 3.72. The van der Waals surface area contributed by atoms with Crippen molar-refractivity contribution in [3.05, 3.63) is 59.9 Å². The minimum Gasteiger partial charge on any atom is -0.497 e. The normalized spacial score (nSPS) is 13.7. The van der Waals surface area contributed by atoms with Gasteiger partial charge in [0.25, 0.3) is 0 Å². The minimum atomic E-state index is -0.471. The third kappa shape index (κ3) is 4.28. The van der Waals surface area contributed by atoms with Gasteiger partial charge < -0.3 is 15.6 Å². The van der Waals surface area contributed by atoms with Crippen LogP contribution in [0.4, 0.5) is 0 Å². The first kappa shape index (κ1) is 15.5. The maximum atomic E-state index is 10.4. The van der Waals surface area contributed by atoms with Gasteiger partial charge in [-0.15, -0.1) is 0 Å². The van der Waals surface area contributed by atoms with Crippen LogP contribution >= 0.6 is 0 Å². The fourth-order valence-corrected chi connectivity index (χ4v) is 2.42. The minimum absolute atomic E-state index is 0.0723. The second kappa shape index (κ2) is 7.76. The van der Waals surface area contributed by atoms with Gasteiger partial charge in [0.2, 0.25) is 0 Å². The van der Waals surface area contributed by atoms with Gasteiger partial charge in [-0.2, -0.15) is 0 Å². The maximum absolute atomic E-state index is 10.4. The fraction of sp³-hybridized carbons (Fsp3) is 0.353. The van der Waals surface area contributed by atoms with E-state index < -0.39 is 6.10 Å². The molecule has 2 aromatic rings. The van der Waals surface area contributed by atoms with Crippen LogP contribution in [-0.2, 0) is 6.42 Å². The molecule has 4 nitrogen and oxygen atoms in total. The van der Waals surface area contributed by atoms with Gasteiger partial charge >= 0.3 is 0 Å². The first-order valence-corrected chi connectivity index (χ1v) is 7.15. The van der Waals surface area contributed by atoms with Crippen molar-refractivity contribution in [2.75, 3.05) is 13.7 Å². The van der Waals surface area contributed by atoms with E-state index in [1.165, 1.54) is 5.56 Å². The van der Waals surface area contributed by atoms with Crippen LogP contribution in [0.3, 0.4) is 0 Å². The van der Waals surface area contributed by atoms with E-state index in [1.807, 2.05) is 36.4 Å². The molecule has 0 amide bonds. The molecule has 0 spiro atoms. The number of nitrogens with zero attached hydrogens (tertiary/aromatic N) is 1. The molecular weight excluding hydrogens is 264 g/mol. The van der Waals surface area contributed by atoms with Gasteiger partial charge in [0, 0.05) is 24.9 Å². The highest BCUT2D eigenvalue weighted by molar-refractivity contribution is 5.27.